The molecule has 0 bridgehead atoms. The summed E-state index contributed by atoms with van der Waals surface area (Å²) in [6.45, 7) is 6.46. The van der Waals surface area contributed by atoms with Crippen LogP contribution in [0.25, 0.3) is 0 Å². The summed E-state index contributed by atoms with van der Waals surface area (Å²) < 4.78 is 0. The molecule has 1 aromatic carbocycles. The highest BCUT2D eigenvalue weighted by molar-refractivity contribution is 6.42. The lowest BCUT2D eigenvalue weighted by Gasteiger charge is -2.32. The Morgan fingerprint density at radius 2 is 1.95 bits per heavy atom. The van der Waals surface area contributed by atoms with E-state index in [0.717, 1.165) is 0 Å². The van der Waals surface area contributed by atoms with Crippen LogP contribution in [0.15, 0.2) is 18.2 Å². The van der Waals surface area contributed by atoms with Crippen molar-refractivity contribution >= 4 is 35.0 Å². The van der Waals surface area contributed by atoms with Gasteiger partial charge in [-0.15, -0.1) is 0 Å². The summed E-state index contributed by atoms with van der Waals surface area (Å²) >= 11 is 11.7. The van der Waals surface area contributed by atoms with Crippen molar-refractivity contribution in [3.05, 3.63) is 33.8 Å². The molecule has 1 aliphatic rings. The third-order valence-electron chi connectivity index (χ3n) is 3.45. The van der Waals surface area contributed by atoms with E-state index < -0.39 is 0 Å². The van der Waals surface area contributed by atoms with Gasteiger partial charge in [0, 0.05) is 24.1 Å². The van der Waals surface area contributed by atoms with Crippen LogP contribution < -0.4 is 5.32 Å². The second kappa shape index (κ2) is 5.85. The van der Waals surface area contributed by atoms with E-state index in [0.29, 0.717) is 28.6 Å². The van der Waals surface area contributed by atoms with Gasteiger partial charge in [0.1, 0.15) is 0 Å². The summed E-state index contributed by atoms with van der Waals surface area (Å²) in [7, 11) is 0. The van der Waals surface area contributed by atoms with E-state index in [1.54, 1.807) is 17.0 Å². The fourth-order valence-electron chi connectivity index (χ4n) is 2.36. The van der Waals surface area contributed by atoms with Gasteiger partial charge in [0.25, 0.3) is 5.91 Å². The molecule has 1 N–H and O–H groups in total. The first-order valence-corrected chi connectivity index (χ1v) is 7.50. The number of nitrogens with zero attached hydrogens (tertiary/aromatic N) is 1. The molecule has 0 aliphatic carbocycles. The molecule has 0 saturated carbocycles. The minimum Gasteiger partial charge on any atom is -0.347 e. The summed E-state index contributed by atoms with van der Waals surface area (Å²) in [6, 6.07) is 4.54. The molecule has 6 heteroatoms. The fourth-order valence-corrected chi connectivity index (χ4v) is 2.66. The smallest absolute Gasteiger partial charge is 0.251 e. The van der Waals surface area contributed by atoms with Crippen molar-refractivity contribution in [3.63, 3.8) is 0 Å². The molecule has 0 radical (unpaired) electrons. The molecule has 114 valence electrons. The first-order valence-electron chi connectivity index (χ1n) is 6.75. The molecular weight excluding hydrogens is 311 g/mol. The van der Waals surface area contributed by atoms with Gasteiger partial charge < -0.3 is 10.2 Å². The van der Waals surface area contributed by atoms with Crippen molar-refractivity contribution in [3.8, 4) is 0 Å². The number of likely N-dealkylation sites (tertiary alicyclic amines) is 1. The first-order chi connectivity index (χ1) is 9.68. The second-order valence-corrected chi connectivity index (χ2v) is 6.99. The maximum absolute atomic E-state index is 12.2. The van der Waals surface area contributed by atoms with Crippen molar-refractivity contribution in [2.75, 3.05) is 6.54 Å². The number of carbonyl (C=O) groups is 2. The molecule has 1 aromatic rings. The average Bonchev–Trinajstić information content (AvgIpc) is 2.73. The summed E-state index contributed by atoms with van der Waals surface area (Å²) in [5.41, 5.74) is 0.200. The third-order valence-corrected chi connectivity index (χ3v) is 4.19. The van der Waals surface area contributed by atoms with Crippen LogP contribution in [0.5, 0.6) is 0 Å². The number of hydrogen-bond acceptors (Lipinski definition) is 2. The highest BCUT2D eigenvalue weighted by Crippen LogP contribution is 2.24. The molecule has 21 heavy (non-hydrogen) atoms. The van der Waals surface area contributed by atoms with E-state index in [-0.39, 0.29) is 23.4 Å². The van der Waals surface area contributed by atoms with Gasteiger partial charge in [0.15, 0.2) is 0 Å². The van der Waals surface area contributed by atoms with E-state index in [2.05, 4.69) is 5.32 Å². The molecule has 1 heterocycles. The average molecular weight is 329 g/mol. The number of carbonyl (C=O) groups excluding carboxylic acids is 2. The molecule has 0 spiro atoms. The van der Waals surface area contributed by atoms with Gasteiger partial charge in [-0.1, -0.05) is 23.2 Å². The fraction of sp³-hybridized carbons (Fsp3) is 0.467. The minimum absolute atomic E-state index is 0.0574. The number of amides is 2. The Morgan fingerprint density at radius 3 is 2.48 bits per heavy atom. The lowest BCUT2D eigenvalue weighted by Crippen LogP contribution is -2.44. The van der Waals surface area contributed by atoms with Crippen molar-refractivity contribution in [2.45, 2.75) is 38.8 Å². The Hall–Kier alpha value is -1.26. The Labute approximate surface area is 134 Å². The highest BCUT2D eigenvalue weighted by atomic mass is 35.5. The summed E-state index contributed by atoms with van der Waals surface area (Å²) in [5.74, 6) is -0.191. The predicted molar refractivity (Wildman–Crippen MR) is 83.8 cm³/mol. The Balaban J connectivity index is 2.04. The first kappa shape index (κ1) is 16.1. The number of nitrogens with one attached hydrogen (secondary N) is 1. The molecule has 2 rings (SSSR count). The lowest BCUT2D eigenvalue weighted by molar-refractivity contribution is -0.131. The van der Waals surface area contributed by atoms with Gasteiger partial charge in [-0.05, 0) is 39.0 Å². The topological polar surface area (TPSA) is 49.4 Å². The van der Waals surface area contributed by atoms with E-state index in [9.17, 15) is 9.59 Å². The second-order valence-electron chi connectivity index (χ2n) is 6.18. The van der Waals surface area contributed by atoms with Gasteiger partial charge in [-0.3, -0.25) is 9.59 Å². The monoisotopic (exact) mass is 328 g/mol. The van der Waals surface area contributed by atoms with Gasteiger partial charge in [-0.25, -0.2) is 0 Å². The minimum atomic E-state index is -0.248. The standard InChI is InChI=1S/C15H18Cl2N2O2/c1-15(2,3)19-8-10(7-13(19)20)18-14(21)9-4-5-11(16)12(17)6-9/h4-6,10H,7-8H2,1-3H3,(H,18,21). The zero-order valence-corrected chi connectivity index (χ0v) is 13.8. The van der Waals surface area contributed by atoms with Crippen LogP contribution in [0, 0.1) is 0 Å². The zero-order valence-electron chi connectivity index (χ0n) is 12.2. The molecule has 1 saturated heterocycles. The van der Waals surface area contributed by atoms with Crippen molar-refractivity contribution in [1.82, 2.24) is 10.2 Å². The molecule has 2 amide bonds. The predicted octanol–water partition coefficient (Wildman–Crippen LogP) is 3.12. The zero-order chi connectivity index (χ0) is 15.8. The van der Waals surface area contributed by atoms with E-state index in [1.807, 2.05) is 20.8 Å². The number of halogens is 2. The van der Waals surface area contributed by atoms with Crippen LogP contribution in [0.4, 0.5) is 0 Å². The van der Waals surface area contributed by atoms with Crippen LogP contribution in [-0.2, 0) is 4.79 Å². The van der Waals surface area contributed by atoms with Crippen LogP contribution in [0.1, 0.15) is 37.6 Å². The van der Waals surface area contributed by atoms with Crippen molar-refractivity contribution in [2.24, 2.45) is 0 Å². The quantitative estimate of drug-likeness (QED) is 0.906. The normalized spacial score (nSPS) is 19.0. The molecule has 1 unspecified atom stereocenters. The van der Waals surface area contributed by atoms with E-state index in [4.69, 9.17) is 23.2 Å². The van der Waals surface area contributed by atoms with E-state index in [1.165, 1.54) is 6.07 Å². The van der Waals surface area contributed by atoms with Crippen LogP contribution >= 0.6 is 23.2 Å². The van der Waals surface area contributed by atoms with Crippen LogP contribution in [0.3, 0.4) is 0 Å². The third kappa shape index (κ3) is 3.69. The largest absolute Gasteiger partial charge is 0.347 e. The Kier molecular flexibility index (Phi) is 4.49. The molecule has 1 atom stereocenters. The van der Waals surface area contributed by atoms with Crippen molar-refractivity contribution < 1.29 is 9.59 Å². The molecule has 4 nitrogen and oxygen atoms in total. The molecule has 1 fully saturated rings. The van der Waals surface area contributed by atoms with E-state index >= 15 is 0 Å². The van der Waals surface area contributed by atoms with Crippen molar-refractivity contribution in [1.29, 1.82) is 0 Å². The van der Waals surface area contributed by atoms with Crippen LogP contribution in [-0.4, -0.2) is 34.8 Å². The summed E-state index contributed by atoms with van der Waals surface area (Å²) in [5, 5.41) is 3.61. The molecule has 1 aliphatic heterocycles. The summed E-state index contributed by atoms with van der Waals surface area (Å²) in [4.78, 5) is 26.0. The van der Waals surface area contributed by atoms with Gasteiger partial charge >= 0.3 is 0 Å². The lowest BCUT2D eigenvalue weighted by atomic mass is 10.1. The highest BCUT2D eigenvalue weighted by Gasteiger charge is 2.36. The maximum atomic E-state index is 12.2. The number of hydrogen-bond donors (Lipinski definition) is 1. The Bertz CT molecular complexity index is 582. The molecule has 0 aromatic heterocycles. The Morgan fingerprint density at radius 1 is 1.29 bits per heavy atom. The maximum Gasteiger partial charge on any atom is 0.251 e. The van der Waals surface area contributed by atoms with Gasteiger partial charge in [0.05, 0.1) is 16.1 Å². The number of rotatable bonds is 2. The molecular formula is C15H18Cl2N2O2. The van der Waals surface area contributed by atoms with Gasteiger partial charge in [0.2, 0.25) is 5.91 Å². The number of benzene rings is 1. The van der Waals surface area contributed by atoms with Crippen LogP contribution in [0.2, 0.25) is 10.0 Å². The van der Waals surface area contributed by atoms with Gasteiger partial charge in [-0.2, -0.15) is 0 Å². The summed E-state index contributed by atoms with van der Waals surface area (Å²) in [6.07, 6.45) is 0.324. The SMILES string of the molecule is CC(C)(C)N1CC(NC(=O)c2ccc(Cl)c(Cl)c2)CC1=O.